The molecule has 1 aromatic heterocycles. The molecule has 0 bridgehead atoms. The number of rotatable bonds is 4. The first-order chi connectivity index (χ1) is 14.2. The second-order valence-corrected chi connectivity index (χ2v) is 8.99. The van der Waals surface area contributed by atoms with Gasteiger partial charge in [-0.3, -0.25) is 0 Å². The number of hydrogen-bond donors (Lipinski definition) is 3. The first-order valence-corrected chi connectivity index (χ1v) is 10.8. The molecule has 2 heterocycles. The summed E-state index contributed by atoms with van der Waals surface area (Å²) in [4.78, 5) is 0.972. The fourth-order valence-corrected chi connectivity index (χ4v) is 4.90. The lowest BCUT2D eigenvalue weighted by Crippen LogP contribution is -2.35. The number of hydrogen-bond acceptors (Lipinski definition) is 7. The first-order valence-electron chi connectivity index (χ1n) is 9.81. The number of aryl methyl sites for hydroxylation is 2. The van der Waals surface area contributed by atoms with Gasteiger partial charge in [-0.25, -0.2) is 0 Å². The van der Waals surface area contributed by atoms with Crippen LogP contribution in [-0.2, 0) is 18.4 Å². The predicted molar refractivity (Wildman–Crippen MR) is 115 cm³/mol. The molecule has 0 fully saturated rings. The van der Waals surface area contributed by atoms with Gasteiger partial charge in [-0.05, 0) is 69.4 Å². The highest BCUT2D eigenvalue weighted by Gasteiger charge is 2.40. The summed E-state index contributed by atoms with van der Waals surface area (Å²) < 4.78 is 12.1. The van der Waals surface area contributed by atoms with Crippen LogP contribution in [0.5, 0.6) is 23.0 Å². The lowest BCUT2D eigenvalue weighted by atomic mass is 10.0. The largest absolute Gasteiger partial charge is 0.507 e. The summed E-state index contributed by atoms with van der Waals surface area (Å²) in [6.45, 7) is 7.75. The highest BCUT2D eigenvalue weighted by molar-refractivity contribution is 7.99. The van der Waals surface area contributed by atoms with Gasteiger partial charge in [-0.1, -0.05) is 11.2 Å². The number of thioether (sulfide) groups is 1. The maximum Gasteiger partial charge on any atom is 0.181 e. The molecule has 1 atom stereocenters. The fraction of sp³-hybridized carbons (Fsp3) is 0.348. The minimum Gasteiger partial charge on any atom is -0.507 e. The SMILES string of the molecule is Cc1c(C)c2c(c(C)c1O)SCC(C)(c1cc(CCc3ccc(O)c(O)c3)no1)O2. The monoisotopic (exact) mass is 427 g/mol. The van der Waals surface area contributed by atoms with Crippen LogP contribution in [0.3, 0.4) is 0 Å². The zero-order chi connectivity index (χ0) is 21.6. The molecule has 158 valence electrons. The minimum absolute atomic E-state index is 0.126. The van der Waals surface area contributed by atoms with E-state index in [1.54, 1.807) is 23.9 Å². The second-order valence-electron chi connectivity index (χ2n) is 8.01. The second kappa shape index (κ2) is 7.47. The molecule has 4 rings (SSSR count). The normalized spacial score (nSPS) is 18.1. The van der Waals surface area contributed by atoms with Gasteiger partial charge in [0.25, 0.3) is 0 Å². The Labute approximate surface area is 179 Å². The van der Waals surface area contributed by atoms with E-state index in [4.69, 9.17) is 9.26 Å². The summed E-state index contributed by atoms with van der Waals surface area (Å²) >= 11 is 1.65. The maximum atomic E-state index is 10.4. The van der Waals surface area contributed by atoms with Crippen LogP contribution >= 0.6 is 11.8 Å². The van der Waals surface area contributed by atoms with Crippen LogP contribution in [0.25, 0.3) is 0 Å². The zero-order valence-corrected chi connectivity index (χ0v) is 18.3. The molecule has 3 aromatic rings. The Kier molecular flexibility index (Phi) is 5.10. The van der Waals surface area contributed by atoms with E-state index in [9.17, 15) is 15.3 Å². The van der Waals surface area contributed by atoms with Crippen LogP contribution in [0.15, 0.2) is 33.7 Å². The third kappa shape index (κ3) is 3.47. The summed E-state index contributed by atoms with van der Waals surface area (Å²) in [6.07, 6.45) is 1.30. The van der Waals surface area contributed by atoms with Crippen LogP contribution in [0.4, 0.5) is 0 Å². The van der Waals surface area contributed by atoms with E-state index in [-0.39, 0.29) is 11.5 Å². The molecule has 0 spiro atoms. The summed E-state index contributed by atoms with van der Waals surface area (Å²) in [6, 6.07) is 6.73. The molecule has 0 aliphatic carbocycles. The van der Waals surface area contributed by atoms with Crippen LogP contribution in [0, 0.1) is 20.8 Å². The molecule has 2 aromatic carbocycles. The van der Waals surface area contributed by atoms with E-state index in [0.717, 1.165) is 38.6 Å². The van der Waals surface area contributed by atoms with Gasteiger partial charge in [0.05, 0.1) is 10.6 Å². The van der Waals surface area contributed by atoms with E-state index in [1.807, 2.05) is 33.8 Å². The molecular formula is C23H25NO5S. The summed E-state index contributed by atoms with van der Waals surface area (Å²) in [5.74, 6) is 2.17. The van der Waals surface area contributed by atoms with E-state index in [1.165, 1.54) is 6.07 Å². The number of aromatic hydroxyl groups is 3. The molecule has 30 heavy (non-hydrogen) atoms. The van der Waals surface area contributed by atoms with Gasteiger partial charge in [0.2, 0.25) is 0 Å². The van der Waals surface area contributed by atoms with Crippen molar-refractivity contribution in [2.75, 3.05) is 5.75 Å². The van der Waals surface area contributed by atoms with Crippen LogP contribution in [0.1, 0.15) is 40.6 Å². The van der Waals surface area contributed by atoms with Gasteiger partial charge in [-0.2, -0.15) is 0 Å². The molecule has 7 heteroatoms. The number of nitrogens with zero attached hydrogens (tertiary/aromatic N) is 1. The van der Waals surface area contributed by atoms with Gasteiger partial charge in [-0.15, -0.1) is 11.8 Å². The van der Waals surface area contributed by atoms with Gasteiger partial charge < -0.3 is 24.6 Å². The summed E-state index contributed by atoms with van der Waals surface area (Å²) in [7, 11) is 0. The minimum atomic E-state index is -0.666. The summed E-state index contributed by atoms with van der Waals surface area (Å²) in [5, 5.41) is 33.6. The Bertz CT molecular complexity index is 1120. The van der Waals surface area contributed by atoms with Crippen molar-refractivity contribution in [2.45, 2.75) is 51.0 Å². The number of ether oxygens (including phenoxy) is 1. The van der Waals surface area contributed by atoms with Crippen molar-refractivity contribution in [3.8, 4) is 23.0 Å². The van der Waals surface area contributed by atoms with Crippen LogP contribution < -0.4 is 4.74 Å². The average molecular weight is 428 g/mol. The number of phenols is 3. The van der Waals surface area contributed by atoms with E-state index >= 15 is 0 Å². The Hall–Kier alpha value is -2.80. The third-order valence-electron chi connectivity index (χ3n) is 5.77. The van der Waals surface area contributed by atoms with Crippen LogP contribution in [-0.4, -0.2) is 26.2 Å². The zero-order valence-electron chi connectivity index (χ0n) is 17.4. The molecular weight excluding hydrogens is 402 g/mol. The fourth-order valence-electron chi connectivity index (χ4n) is 3.64. The smallest absolute Gasteiger partial charge is 0.181 e. The van der Waals surface area contributed by atoms with Crippen molar-refractivity contribution >= 4 is 11.8 Å². The molecule has 6 nitrogen and oxygen atoms in total. The molecule has 1 aliphatic rings. The van der Waals surface area contributed by atoms with Gasteiger partial charge in [0, 0.05) is 17.4 Å². The van der Waals surface area contributed by atoms with Gasteiger partial charge in [0.1, 0.15) is 11.5 Å². The highest BCUT2D eigenvalue weighted by Crippen LogP contribution is 2.50. The molecule has 0 saturated heterocycles. The number of aromatic nitrogens is 1. The Balaban J connectivity index is 1.54. The van der Waals surface area contributed by atoms with E-state index in [0.29, 0.717) is 30.1 Å². The molecule has 0 radical (unpaired) electrons. The molecule has 1 aliphatic heterocycles. The molecule has 1 unspecified atom stereocenters. The Morgan fingerprint density at radius 3 is 2.50 bits per heavy atom. The van der Waals surface area contributed by atoms with Gasteiger partial charge in [0.15, 0.2) is 22.9 Å². The lowest BCUT2D eigenvalue weighted by Gasteiger charge is -2.35. The van der Waals surface area contributed by atoms with Crippen LogP contribution in [0.2, 0.25) is 0 Å². The number of fused-ring (bicyclic) bond motifs is 1. The Morgan fingerprint density at radius 2 is 1.77 bits per heavy atom. The van der Waals surface area contributed by atoms with Crippen molar-refractivity contribution in [3.05, 3.63) is 58.0 Å². The summed E-state index contributed by atoms with van der Waals surface area (Å²) in [5.41, 5.74) is 3.63. The van der Waals surface area contributed by atoms with E-state index in [2.05, 4.69) is 5.16 Å². The van der Waals surface area contributed by atoms with E-state index < -0.39 is 5.60 Å². The van der Waals surface area contributed by atoms with Crippen molar-refractivity contribution in [3.63, 3.8) is 0 Å². The lowest BCUT2D eigenvalue weighted by molar-refractivity contribution is 0.0712. The van der Waals surface area contributed by atoms with Crippen molar-refractivity contribution in [2.24, 2.45) is 0 Å². The van der Waals surface area contributed by atoms with Crippen molar-refractivity contribution in [1.29, 1.82) is 0 Å². The first kappa shape index (κ1) is 20.5. The van der Waals surface area contributed by atoms with Gasteiger partial charge >= 0.3 is 0 Å². The average Bonchev–Trinajstić information content (AvgIpc) is 3.21. The molecule has 0 saturated carbocycles. The quantitative estimate of drug-likeness (QED) is 0.510. The predicted octanol–water partition coefficient (Wildman–Crippen LogP) is 4.90. The highest BCUT2D eigenvalue weighted by atomic mass is 32.2. The topological polar surface area (TPSA) is 96.0 Å². The van der Waals surface area contributed by atoms with Crippen molar-refractivity contribution < 1.29 is 24.6 Å². The van der Waals surface area contributed by atoms with Crippen molar-refractivity contribution in [1.82, 2.24) is 5.16 Å². The third-order valence-corrected chi connectivity index (χ3v) is 7.24. The number of benzene rings is 2. The molecule has 3 N–H and O–H groups in total. The molecule has 0 amide bonds. The maximum absolute atomic E-state index is 10.4. The Morgan fingerprint density at radius 1 is 1.00 bits per heavy atom. The standard InChI is InChI=1S/C23H25NO5S/c1-12-13(2)21-22(14(3)20(12)27)30-11-23(4,28-21)19-10-16(24-29-19)7-5-15-6-8-17(25)18(26)9-15/h6,8-10,25-27H,5,7,11H2,1-4H3. The number of phenolic OH excluding ortho intramolecular Hbond substituents is 3.